The van der Waals surface area contributed by atoms with Crippen molar-refractivity contribution in [3.63, 3.8) is 0 Å². The molecule has 0 aliphatic heterocycles. The van der Waals surface area contributed by atoms with Crippen molar-refractivity contribution in [2.75, 3.05) is 13.7 Å². The highest BCUT2D eigenvalue weighted by Gasteiger charge is 2.04. The first-order valence-corrected chi connectivity index (χ1v) is 6.47. The van der Waals surface area contributed by atoms with Crippen molar-refractivity contribution in [1.82, 2.24) is 5.43 Å². The quantitative estimate of drug-likeness (QED) is 0.346. The molecule has 0 aliphatic rings. The van der Waals surface area contributed by atoms with Crippen molar-refractivity contribution in [3.05, 3.63) is 23.8 Å². The minimum absolute atomic E-state index is 0.128. The zero-order chi connectivity index (χ0) is 14.1. The van der Waals surface area contributed by atoms with Crippen molar-refractivity contribution in [2.24, 2.45) is 10.8 Å². The normalized spacial score (nSPS) is 10.4. The summed E-state index contributed by atoms with van der Waals surface area (Å²) in [6.07, 6.45) is 3.72. The van der Waals surface area contributed by atoms with Gasteiger partial charge >= 0.3 is 0 Å². The SMILES string of the molecule is CCCCOc1ccc(/C=N/NC(N)=S)cc1OC. The van der Waals surface area contributed by atoms with Crippen molar-refractivity contribution in [1.29, 1.82) is 0 Å². The highest BCUT2D eigenvalue weighted by Crippen LogP contribution is 2.27. The molecular weight excluding hydrogens is 262 g/mol. The number of rotatable bonds is 7. The molecule has 1 aromatic carbocycles. The maximum Gasteiger partial charge on any atom is 0.184 e. The molecule has 1 rings (SSSR count). The first-order chi connectivity index (χ1) is 9.17. The molecule has 0 aliphatic carbocycles. The molecule has 0 aromatic heterocycles. The highest BCUT2D eigenvalue weighted by molar-refractivity contribution is 7.80. The molecule has 0 spiro atoms. The third kappa shape index (κ3) is 5.56. The molecule has 0 saturated heterocycles. The Morgan fingerprint density at radius 1 is 1.47 bits per heavy atom. The number of nitrogens with two attached hydrogens (primary N) is 1. The Morgan fingerprint density at radius 2 is 2.26 bits per heavy atom. The lowest BCUT2D eigenvalue weighted by molar-refractivity contribution is 0.288. The fraction of sp³-hybridized carbons (Fsp3) is 0.385. The summed E-state index contributed by atoms with van der Waals surface area (Å²) in [6, 6.07) is 5.58. The van der Waals surface area contributed by atoms with E-state index < -0.39 is 0 Å². The Labute approximate surface area is 118 Å². The first kappa shape index (κ1) is 15.2. The number of nitrogens with one attached hydrogen (secondary N) is 1. The lowest BCUT2D eigenvalue weighted by Crippen LogP contribution is -2.23. The van der Waals surface area contributed by atoms with Gasteiger partial charge in [0, 0.05) is 0 Å². The second-order valence-electron chi connectivity index (χ2n) is 3.85. The third-order valence-electron chi connectivity index (χ3n) is 2.33. The number of hydrogen-bond acceptors (Lipinski definition) is 4. The van der Waals surface area contributed by atoms with Crippen LogP contribution in [-0.2, 0) is 0 Å². The number of nitrogens with zero attached hydrogens (tertiary/aromatic N) is 1. The largest absolute Gasteiger partial charge is 0.493 e. The van der Waals surface area contributed by atoms with Gasteiger partial charge in [0.25, 0.3) is 0 Å². The van der Waals surface area contributed by atoms with Crippen molar-refractivity contribution < 1.29 is 9.47 Å². The predicted molar refractivity (Wildman–Crippen MR) is 80.9 cm³/mol. The van der Waals surface area contributed by atoms with Gasteiger partial charge in [0.05, 0.1) is 19.9 Å². The maximum atomic E-state index is 5.64. The molecule has 0 unspecified atom stereocenters. The molecular formula is C13H19N3O2S. The van der Waals surface area contributed by atoms with Gasteiger partial charge in [-0.2, -0.15) is 5.10 Å². The summed E-state index contributed by atoms with van der Waals surface area (Å²) >= 11 is 4.65. The Balaban J connectivity index is 2.71. The molecule has 19 heavy (non-hydrogen) atoms. The topological polar surface area (TPSA) is 68.9 Å². The smallest absolute Gasteiger partial charge is 0.184 e. The number of thiocarbonyl (C=S) groups is 1. The number of hydrogen-bond donors (Lipinski definition) is 2. The Hall–Kier alpha value is -1.82. The van der Waals surface area contributed by atoms with Crippen molar-refractivity contribution in [2.45, 2.75) is 19.8 Å². The van der Waals surface area contributed by atoms with Crippen LogP contribution in [0, 0.1) is 0 Å². The molecule has 0 fully saturated rings. The average molecular weight is 281 g/mol. The predicted octanol–water partition coefficient (Wildman–Crippen LogP) is 2.04. The lowest BCUT2D eigenvalue weighted by Gasteiger charge is -2.10. The van der Waals surface area contributed by atoms with Crippen molar-refractivity contribution in [3.8, 4) is 11.5 Å². The van der Waals surface area contributed by atoms with Gasteiger partial charge in [-0.15, -0.1) is 0 Å². The van der Waals surface area contributed by atoms with Crippen LogP contribution in [0.2, 0.25) is 0 Å². The molecule has 0 atom stereocenters. The summed E-state index contributed by atoms with van der Waals surface area (Å²) in [7, 11) is 1.61. The van der Waals surface area contributed by atoms with Crippen LogP contribution in [0.4, 0.5) is 0 Å². The molecule has 5 nitrogen and oxygen atoms in total. The number of hydrazone groups is 1. The second kappa shape index (κ2) is 8.31. The summed E-state index contributed by atoms with van der Waals surface area (Å²) in [5, 5.41) is 4.01. The lowest BCUT2D eigenvalue weighted by atomic mass is 10.2. The van der Waals surface area contributed by atoms with Gasteiger partial charge in [-0.1, -0.05) is 13.3 Å². The molecule has 0 radical (unpaired) electrons. The Kier molecular flexibility index (Phi) is 6.67. The Bertz CT molecular complexity index is 450. The summed E-state index contributed by atoms with van der Waals surface area (Å²) in [5.74, 6) is 1.41. The Morgan fingerprint density at radius 3 is 2.89 bits per heavy atom. The molecule has 104 valence electrons. The second-order valence-corrected chi connectivity index (χ2v) is 4.29. The van der Waals surface area contributed by atoms with E-state index in [2.05, 4.69) is 29.7 Å². The summed E-state index contributed by atoms with van der Waals surface area (Å²) in [5.41, 5.74) is 8.63. The van der Waals surface area contributed by atoms with Gasteiger partial charge in [-0.25, -0.2) is 0 Å². The van der Waals surface area contributed by atoms with Crippen LogP contribution in [-0.4, -0.2) is 25.0 Å². The number of ether oxygens (including phenoxy) is 2. The van der Waals surface area contributed by atoms with Gasteiger partial charge in [-0.3, -0.25) is 5.43 Å². The van der Waals surface area contributed by atoms with E-state index >= 15 is 0 Å². The molecule has 0 amide bonds. The van der Waals surface area contributed by atoms with Crippen LogP contribution in [0.1, 0.15) is 25.3 Å². The van der Waals surface area contributed by atoms with E-state index in [0.717, 1.165) is 24.2 Å². The first-order valence-electron chi connectivity index (χ1n) is 6.06. The molecule has 3 N–H and O–H groups in total. The maximum absolute atomic E-state index is 5.64. The van der Waals surface area contributed by atoms with Gasteiger partial charge in [-0.05, 0) is 42.4 Å². The van der Waals surface area contributed by atoms with E-state index in [4.69, 9.17) is 15.2 Å². The van der Waals surface area contributed by atoms with E-state index in [1.54, 1.807) is 13.3 Å². The fourth-order valence-electron chi connectivity index (χ4n) is 1.38. The molecule has 0 heterocycles. The average Bonchev–Trinajstić information content (AvgIpc) is 2.39. The van der Waals surface area contributed by atoms with Crippen LogP contribution in [0.15, 0.2) is 23.3 Å². The van der Waals surface area contributed by atoms with E-state index in [1.807, 2.05) is 18.2 Å². The molecule has 0 bridgehead atoms. The highest BCUT2D eigenvalue weighted by atomic mass is 32.1. The minimum atomic E-state index is 0.128. The third-order valence-corrected chi connectivity index (χ3v) is 2.42. The van der Waals surface area contributed by atoms with E-state index in [9.17, 15) is 0 Å². The summed E-state index contributed by atoms with van der Waals surface area (Å²) < 4.78 is 10.9. The summed E-state index contributed by atoms with van der Waals surface area (Å²) in [4.78, 5) is 0. The zero-order valence-electron chi connectivity index (χ0n) is 11.2. The monoisotopic (exact) mass is 281 g/mol. The van der Waals surface area contributed by atoms with Crippen molar-refractivity contribution >= 4 is 23.5 Å². The molecule has 1 aromatic rings. The molecule has 6 heteroatoms. The van der Waals surface area contributed by atoms with E-state index in [1.165, 1.54) is 0 Å². The van der Waals surface area contributed by atoms with Crippen LogP contribution < -0.4 is 20.6 Å². The number of unbranched alkanes of at least 4 members (excludes halogenated alkanes) is 1. The summed E-state index contributed by atoms with van der Waals surface area (Å²) in [6.45, 7) is 2.80. The van der Waals surface area contributed by atoms with E-state index in [-0.39, 0.29) is 5.11 Å². The molecule has 0 saturated carbocycles. The van der Waals surface area contributed by atoms with Gasteiger partial charge in [0.1, 0.15) is 0 Å². The van der Waals surface area contributed by atoms with Crippen LogP contribution >= 0.6 is 12.2 Å². The van der Waals surface area contributed by atoms with Crippen LogP contribution in [0.5, 0.6) is 11.5 Å². The van der Waals surface area contributed by atoms with Gasteiger partial charge in [0.15, 0.2) is 16.6 Å². The minimum Gasteiger partial charge on any atom is -0.493 e. The van der Waals surface area contributed by atoms with Gasteiger partial charge < -0.3 is 15.2 Å². The standard InChI is InChI=1S/C13H19N3O2S/c1-3-4-7-18-11-6-5-10(8-12(11)17-2)9-15-16-13(14)19/h5-6,8-9H,3-4,7H2,1-2H3,(H3,14,16,19)/b15-9+. The van der Waals surface area contributed by atoms with Crippen LogP contribution in [0.25, 0.3) is 0 Å². The number of benzene rings is 1. The van der Waals surface area contributed by atoms with E-state index in [0.29, 0.717) is 12.4 Å². The van der Waals surface area contributed by atoms with Gasteiger partial charge in [0.2, 0.25) is 0 Å². The zero-order valence-corrected chi connectivity index (χ0v) is 12.0. The van der Waals surface area contributed by atoms with Crippen LogP contribution in [0.3, 0.4) is 0 Å². The number of methoxy groups -OCH3 is 1. The fourth-order valence-corrected chi connectivity index (χ4v) is 1.43.